The number of benzene rings is 2. The third kappa shape index (κ3) is 5.37. The van der Waals surface area contributed by atoms with E-state index in [1.165, 1.54) is 17.2 Å². The highest BCUT2D eigenvalue weighted by Crippen LogP contribution is 2.55. The molecule has 3 aromatic rings. The smallest absolute Gasteiger partial charge is 0.257 e. The fraction of sp³-hybridized carbons (Fsp3) is 0.394. The van der Waals surface area contributed by atoms with Crippen LogP contribution in [-0.2, 0) is 22.6 Å². The van der Waals surface area contributed by atoms with Crippen molar-refractivity contribution < 1.29 is 19.0 Å². The number of nitrogens with zero attached hydrogens (tertiary/aromatic N) is 5. The van der Waals surface area contributed by atoms with E-state index in [1.807, 2.05) is 6.07 Å². The molecule has 0 bridgehead atoms. The highest BCUT2D eigenvalue weighted by atomic mass is 127. The number of aliphatic hydroxyl groups is 1. The predicted octanol–water partition coefficient (Wildman–Crippen LogP) is 5.64. The molecule has 2 fully saturated rings. The lowest BCUT2D eigenvalue weighted by atomic mass is 9.87. The molecular weight excluding hydrogens is 696 g/mol. The summed E-state index contributed by atoms with van der Waals surface area (Å²) in [5.41, 5.74) is -2.31. The predicted molar refractivity (Wildman–Crippen MR) is 169 cm³/mol. The van der Waals surface area contributed by atoms with Gasteiger partial charge in [0.25, 0.3) is 5.91 Å². The lowest BCUT2D eigenvalue weighted by molar-refractivity contribution is -0.122. The fourth-order valence-corrected chi connectivity index (χ4v) is 7.48. The maximum Gasteiger partial charge on any atom is 0.257 e. The van der Waals surface area contributed by atoms with Crippen LogP contribution in [0.4, 0.5) is 4.39 Å². The molecule has 1 aliphatic carbocycles. The van der Waals surface area contributed by atoms with Crippen LogP contribution in [0.3, 0.4) is 0 Å². The number of alkyl halides is 1. The van der Waals surface area contributed by atoms with Crippen molar-refractivity contribution in [1.82, 2.24) is 14.8 Å². The average Bonchev–Trinajstić information content (AvgIpc) is 3.28. The van der Waals surface area contributed by atoms with E-state index in [0.717, 1.165) is 25.9 Å². The lowest BCUT2D eigenvalue weighted by Crippen LogP contribution is -2.48. The van der Waals surface area contributed by atoms with Gasteiger partial charge in [-0.15, -0.1) is 0 Å². The number of halogens is 3. The first-order valence-electron chi connectivity index (χ1n) is 14.4. The Morgan fingerprint density at radius 3 is 2.50 bits per heavy atom. The van der Waals surface area contributed by atoms with Gasteiger partial charge in [-0.05, 0) is 81.2 Å². The Balaban J connectivity index is 1.52. The van der Waals surface area contributed by atoms with Crippen LogP contribution in [0.1, 0.15) is 64.5 Å². The van der Waals surface area contributed by atoms with Crippen molar-refractivity contribution in [1.29, 1.82) is 10.5 Å². The molecule has 8 nitrogen and oxygen atoms in total. The third-order valence-corrected chi connectivity index (χ3v) is 10.8. The van der Waals surface area contributed by atoms with Gasteiger partial charge in [0.15, 0.2) is 5.72 Å². The molecule has 2 aliphatic heterocycles. The average molecular weight is 726 g/mol. The number of aromatic nitrogens is 1. The van der Waals surface area contributed by atoms with Crippen molar-refractivity contribution in [2.45, 2.75) is 48.0 Å². The number of likely N-dealkylation sites (tertiary alicyclic amines) is 1. The number of hydrogen-bond donors (Lipinski definition) is 1. The molecule has 3 unspecified atom stereocenters. The van der Waals surface area contributed by atoms with Crippen molar-refractivity contribution in [3.05, 3.63) is 99.1 Å². The molecule has 3 heterocycles. The van der Waals surface area contributed by atoms with Crippen molar-refractivity contribution in [3.8, 4) is 12.1 Å². The summed E-state index contributed by atoms with van der Waals surface area (Å²) in [6.07, 6.45) is 4.10. The van der Waals surface area contributed by atoms with Crippen LogP contribution in [0.5, 0.6) is 0 Å². The van der Waals surface area contributed by atoms with Gasteiger partial charge in [0.05, 0.1) is 52.6 Å². The summed E-state index contributed by atoms with van der Waals surface area (Å²) in [7, 11) is 0. The summed E-state index contributed by atoms with van der Waals surface area (Å²) in [6, 6.07) is 17.2. The Hall–Kier alpha value is -3.13. The van der Waals surface area contributed by atoms with Crippen LogP contribution in [0, 0.1) is 33.9 Å². The maximum absolute atomic E-state index is 16.7. The van der Waals surface area contributed by atoms with E-state index in [-0.39, 0.29) is 28.2 Å². The normalized spacial score (nSPS) is 25.8. The fourth-order valence-electron chi connectivity index (χ4n) is 6.25. The van der Waals surface area contributed by atoms with E-state index >= 15 is 4.39 Å². The number of rotatable bonds is 9. The monoisotopic (exact) mass is 725 g/mol. The molecule has 1 amide bonds. The number of β-amino-alcohol motifs (C(OH)–C–C–N with tert-alkyl or cyclic N) is 1. The zero-order valence-electron chi connectivity index (χ0n) is 24.1. The standard InChI is InChI=1S/C33H30ClFIN5O3/c1-31(43,19-40-10-2-3-11-40)23-12-26-29(27(35)13-23)33(22-5-7-24(34)8-6-22,44-20-32(18-38)14-28(32)36)41(30(26)42)17-25-9-4-21(15-37)16-39-25/h4-9,12-13,16,28,43H,2-3,10-11,14,17,19-20H2,1H3/t28?,31?,32?,33-/m1/s1. The molecule has 1 saturated heterocycles. The maximum atomic E-state index is 16.7. The molecule has 6 rings (SSSR count). The Morgan fingerprint density at radius 1 is 1.20 bits per heavy atom. The summed E-state index contributed by atoms with van der Waals surface area (Å²) in [5.74, 6) is -1.21. The number of ether oxygens (including phenoxy) is 1. The second kappa shape index (κ2) is 11.7. The third-order valence-electron chi connectivity index (χ3n) is 8.89. The number of amides is 1. The van der Waals surface area contributed by atoms with Crippen molar-refractivity contribution in [2.75, 3.05) is 26.2 Å². The van der Waals surface area contributed by atoms with Crippen LogP contribution in [-0.4, -0.2) is 56.0 Å². The lowest BCUT2D eigenvalue weighted by Gasteiger charge is -2.40. The quantitative estimate of drug-likeness (QED) is 0.225. The summed E-state index contributed by atoms with van der Waals surface area (Å²) < 4.78 is 23.4. The van der Waals surface area contributed by atoms with Crippen molar-refractivity contribution in [2.24, 2.45) is 5.41 Å². The first kappa shape index (κ1) is 30.9. The summed E-state index contributed by atoms with van der Waals surface area (Å²) >= 11 is 8.46. The van der Waals surface area contributed by atoms with E-state index in [9.17, 15) is 20.4 Å². The molecule has 11 heteroatoms. The summed E-state index contributed by atoms with van der Waals surface area (Å²) in [4.78, 5) is 22.4. The zero-order chi connectivity index (χ0) is 31.3. The van der Waals surface area contributed by atoms with Gasteiger partial charge in [-0.2, -0.15) is 10.5 Å². The van der Waals surface area contributed by atoms with Gasteiger partial charge >= 0.3 is 0 Å². The minimum Gasteiger partial charge on any atom is -0.384 e. The second-order valence-corrected chi connectivity index (χ2v) is 14.0. The van der Waals surface area contributed by atoms with Crippen molar-refractivity contribution in [3.63, 3.8) is 0 Å². The molecule has 4 atom stereocenters. The molecule has 2 aromatic carbocycles. The van der Waals surface area contributed by atoms with Crippen LogP contribution >= 0.6 is 34.2 Å². The molecule has 0 spiro atoms. The Labute approximate surface area is 274 Å². The largest absolute Gasteiger partial charge is 0.384 e. The number of nitriles is 2. The molecule has 1 saturated carbocycles. The minimum absolute atomic E-state index is 0.0120. The Morgan fingerprint density at radius 2 is 1.91 bits per heavy atom. The molecule has 226 valence electrons. The van der Waals surface area contributed by atoms with Gasteiger partial charge in [-0.1, -0.05) is 46.3 Å². The molecule has 1 N–H and O–H groups in total. The summed E-state index contributed by atoms with van der Waals surface area (Å²) in [5, 5.41) is 31.3. The molecule has 1 aromatic heterocycles. The van der Waals surface area contributed by atoms with Crippen molar-refractivity contribution >= 4 is 40.1 Å². The summed E-state index contributed by atoms with van der Waals surface area (Å²) in [6.45, 7) is 3.52. The number of pyridine rings is 1. The van der Waals surface area contributed by atoms with Gasteiger partial charge in [-0.3, -0.25) is 14.7 Å². The molecule has 44 heavy (non-hydrogen) atoms. The highest BCUT2D eigenvalue weighted by Gasteiger charge is 2.59. The highest BCUT2D eigenvalue weighted by molar-refractivity contribution is 14.1. The van der Waals surface area contributed by atoms with Gasteiger partial charge < -0.3 is 14.7 Å². The van der Waals surface area contributed by atoms with E-state index in [0.29, 0.717) is 40.4 Å². The van der Waals surface area contributed by atoms with E-state index in [2.05, 4.69) is 38.5 Å². The van der Waals surface area contributed by atoms with Gasteiger partial charge in [0, 0.05) is 27.3 Å². The number of carbonyl (C=O) groups is 1. The van der Waals surface area contributed by atoms with Crippen LogP contribution in [0.15, 0.2) is 54.7 Å². The van der Waals surface area contributed by atoms with Gasteiger partial charge in [0.2, 0.25) is 0 Å². The number of fused-ring (bicyclic) bond motifs is 1. The van der Waals surface area contributed by atoms with Gasteiger partial charge in [-0.25, -0.2) is 4.39 Å². The first-order valence-corrected chi connectivity index (χ1v) is 16.1. The first-order chi connectivity index (χ1) is 21.0. The molecular formula is C33H30ClFIN5O3. The SMILES string of the molecule is CC(O)(CN1CCCC1)c1cc(F)c2c(c1)C(=O)N(Cc1ccc(C#N)cn1)[C@@]2(OCC1(C#N)CC1I)c1ccc(Cl)cc1. The van der Waals surface area contributed by atoms with E-state index in [1.54, 1.807) is 49.4 Å². The minimum atomic E-state index is -1.77. The Kier molecular flexibility index (Phi) is 8.18. The molecule has 0 radical (unpaired) electrons. The van der Waals surface area contributed by atoms with Crippen LogP contribution < -0.4 is 0 Å². The number of hydrogen-bond acceptors (Lipinski definition) is 7. The molecule has 3 aliphatic rings. The second-order valence-electron chi connectivity index (χ2n) is 12.1. The van der Waals surface area contributed by atoms with E-state index < -0.39 is 28.5 Å². The van der Waals surface area contributed by atoms with Gasteiger partial charge in [0.1, 0.15) is 11.9 Å². The van der Waals surface area contributed by atoms with Crippen LogP contribution in [0.2, 0.25) is 5.02 Å². The Bertz CT molecular complexity index is 1680. The van der Waals surface area contributed by atoms with E-state index in [4.69, 9.17) is 16.3 Å². The van der Waals surface area contributed by atoms with Crippen LogP contribution in [0.25, 0.3) is 0 Å². The number of carbonyl (C=O) groups excluding carboxylic acids is 1. The zero-order valence-corrected chi connectivity index (χ0v) is 27.0. The topological polar surface area (TPSA) is 113 Å².